The Hall–Kier alpha value is -0.890. The van der Waals surface area contributed by atoms with E-state index in [9.17, 15) is 8.42 Å². The maximum Gasteiger partial charge on any atom is 0.273 e. The first-order chi connectivity index (χ1) is 9.45. The number of sulfonamides is 1. The third-order valence-electron chi connectivity index (χ3n) is 2.78. The topological polar surface area (TPSA) is 74.6 Å². The molecule has 0 spiro atoms. The Labute approximate surface area is 121 Å². The lowest BCUT2D eigenvalue weighted by Crippen LogP contribution is -2.25. The molecule has 0 unspecified atom stereocenters. The Morgan fingerprint density at radius 2 is 2.00 bits per heavy atom. The number of nitrogens with zero attached hydrogens (tertiary/aromatic N) is 1. The van der Waals surface area contributed by atoms with E-state index in [1.54, 1.807) is 6.07 Å². The van der Waals surface area contributed by atoms with E-state index >= 15 is 0 Å². The van der Waals surface area contributed by atoms with Gasteiger partial charge in [0.15, 0.2) is 0 Å². The van der Waals surface area contributed by atoms with E-state index in [0.29, 0.717) is 18.8 Å². The van der Waals surface area contributed by atoms with Gasteiger partial charge in [0.1, 0.15) is 5.76 Å². The second-order valence-corrected chi connectivity index (χ2v) is 6.61. The lowest BCUT2D eigenvalue weighted by Gasteiger charge is -2.09. The molecule has 0 fully saturated rings. The van der Waals surface area contributed by atoms with Gasteiger partial charge in [-0.2, -0.15) is 0 Å². The molecule has 7 heteroatoms. The molecule has 20 heavy (non-hydrogen) atoms. The van der Waals surface area contributed by atoms with Gasteiger partial charge in [0.05, 0.1) is 6.54 Å². The molecule has 0 radical (unpaired) electrons. The summed E-state index contributed by atoms with van der Waals surface area (Å²) >= 11 is 0. The van der Waals surface area contributed by atoms with Crippen LogP contribution >= 0.6 is 0 Å². The summed E-state index contributed by atoms with van der Waals surface area (Å²) in [5.74, 6) is 0.625. The zero-order valence-corrected chi connectivity index (χ0v) is 13.3. The van der Waals surface area contributed by atoms with Crippen molar-refractivity contribution in [3.05, 3.63) is 17.9 Å². The molecule has 0 aromatic carbocycles. The Balaban J connectivity index is 2.41. The molecule has 116 valence electrons. The van der Waals surface area contributed by atoms with Gasteiger partial charge in [-0.05, 0) is 52.2 Å². The van der Waals surface area contributed by atoms with E-state index in [0.717, 1.165) is 25.9 Å². The van der Waals surface area contributed by atoms with Crippen LogP contribution < -0.4 is 10.0 Å². The fraction of sp³-hybridized carbons (Fsp3) is 0.692. The molecule has 0 aliphatic heterocycles. The molecule has 0 aliphatic carbocycles. The molecule has 0 saturated heterocycles. The van der Waals surface area contributed by atoms with Gasteiger partial charge in [0, 0.05) is 6.54 Å². The Morgan fingerprint density at radius 1 is 1.25 bits per heavy atom. The number of hydrogen-bond donors (Lipinski definition) is 2. The zero-order valence-electron chi connectivity index (χ0n) is 12.5. The molecule has 1 rings (SSSR count). The van der Waals surface area contributed by atoms with Crippen molar-refractivity contribution in [2.45, 2.75) is 31.4 Å². The van der Waals surface area contributed by atoms with E-state index in [1.165, 1.54) is 6.07 Å². The van der Waals surface area contributed by atoms with Crippen LogP contribution in [-0.2, 0) is 16.6 Å². The summed E-state index contributed by atoms with van der Waals surface area (Å²) < 4.78 is 31.8. The van der Waals surface area contributed by atoms with Crippen molar-refractivity contribution in [3.8, 4) is 0 Å². The zero-order chi connectivity index (χ0) is 15.0. The van der Waals surface area contributed by atoms with Gasteiger partial charge in [-0.1, -0.05) is 6.92 Å². The van der Waals surface area contributed by atoms with Crippen LogP contribution in [0.15, 0.2) is 21.6 Å². The van der Waals surface area contributed by atoms with E-state index in [4.69, 9.17) is 4.42 Å². The summed E-state index contributed by atoms with van der Waals surface area (Å²) in [5.41, 5.74) is 0. The fourth-order valence-corrected chi connectivity index (χ4v) is 2.70. The fourth-order valence-electron chi connectivity index (χ4n) is 1.68. The molecule has 6 nitrogen and oxygen atoms in total. The molecule has 1 aromatic heterocycles. The molecule has 0 saturated carbocycles. The normalized spacial score (nSPS) is 12.2. The van der Waals surface area contributed by atoms with Crippen LogP contribution in [0.5, 0.6) is 0 Å². The SMILES string of the molecule is CCNCc1ccc(S(=O)(=O)NCCCCN(C)C)o1. The molecule has 0 bridgehead atoms. The first kappa shape index (κ1) is 17.2. The third-order valence-corrected chi connectivity index (χ3v) is 4.11. The highest BCUT2D eigenvalue weighted by Gasteiger charge is 2.17. The van der Waals surface area contributed by atoms with Crippen molar-refractivity contribution in [1.82, 2.24) is 14.9 Å². The molecule has 0 amide bonds. The number of unbranched alkanes of at least 4 members (excludes halogenated alkanes) is 1. The average molecular weight is 303 g/mol. The molecule has 0 aliphatic rings. The summed E-state index contributed by atoms with van der Waals surface area (Å²) in [4.78, 5) is 2.08. The number of nitrogens with one attached hydrogen (secondary N) is 2. The van der Waals surface area contributed by atoms with Crippen molar-refractivity contribution >= 4 is 10.0 Å². The largest absolute Gasteiger partial charge is 0.447 e. The standard InChI is InChI=1S/C13H25N3O3S/c1-4-14-11-12-7-8-13(19-12)20(17,18)15-9-5-6-10-16(2)3/h7-8,14-15H,4-6,9-11H2,1-3H3. The van der Waals surface area contributed by atoms with E-state index in [2.05, 4.69) is 14.9 Å². The minimum Gasteiger partial charge on any atom is -0.447 e. The summed E-state index contributed by atoms with van der Waals surface area (Å²) in [6.07, 6.45) is 1.77. The first-order valence-corrected chi connectivity index (χ1v) is 8.38. The lowest BCUT2D eigenvalue weighted by molar-refractivity contribution is 0.391. The van der Waals surface area contributed by atoms with Crippen molar-refractivity contribution in [2.24, 2.45) is 0 Å². The lowest BCUT2D eigenvalue weighted by atomic mass is 10.3. The maximum absolute atomic E-state index is 12.0. The van der Waals surface area contributed by atoms with Crippen LogP contribution in [0.2, 0.25) is 0 Å². The Morgan fingerprint density at radius 3 is 2.65 bits per heavy atom. The van der Waals surface area contributed by atoms with E-state index < -0.39 is 10.0 Å². The number of rotatable bonds is 10. The highest BCUT2D eigenvalue weighted by molar-refractivity contribution is 7.89. The minimum absolute atomic E-state index is 0.0157. The Bertz CT molecular complexity index is 483. The molecule has 1 heterocycles. The number of furan rings is 1. The molecule has 0 atom stereocenters. The van der Waals surface area contributed by atoms with Crippen molar-refractivity contribution < 1.29 is 12.8 Å². The van der Waals surface area contributed by atoms with Gasteiger partial charge in [-0.3, -0.25) is 0 Å². The van der Waals surface area contributed by atoms with Gasteiger partial charge in [0.25, 0.3) is 10.0 Å². The average Bonchev–Trinajstić information content (AvgIpc) is 2.85. The van der Waals surface area contributed by atoms with Crippen LogP contribution in [0.3, 0.4) is 0 Å². The van der Waals surface area contributed by atoms with Crippen LogP contribution in [0.1, 0.15) is 25.5 Å². The van der Waals surface area contributed by atoms with Crippen LogP contribution in [0.25, 0.3) is 0 Å². The monoisotopic (exact) mass is 303 g/mol. The first-order valence-electron chi connectivity index (χ1n) is 6.89. The summed E-state index contributed by atoms with van der Waals surface area (Å²) in [6.45, 7) is 4.71. The molecular weight excluding hydrogens is 278 g/mol. The van der Waals surface area contributed by atoms with Gasteiger partial charge >= 0.3 is 0 Å². The summed E-state index contributed by atoms with van der Waals surface area (Å²) in [5, 5.41) is 3.07. The maximum atomic E-state index is 12.0. The Kier molecular flexibility index (Phi) is 7.22. The summed E-state index contributed by atoms with van der Waals surface area (Å²) in [7, 11) is 0.475. The number of hydrogen-bond acceptors (Lipinski definition) is 5. The predicted molar refractivity (Wildman–Crippen MR) is 79.1 cm³/mol. The van der Waals surface area contributed by atoms with E-state index in [1.807, 2.05) is 21.0 Å². The third kappa shape index (κ3) is 6.04. The smallest absolute Gasteiger partial charge is 0.273 e. The molecular formula is C13H25N3O3S. The molecule has 2 N–H and O–H groups in total. The van der Waals surface area contributed by atoms with Crippen molar-refractivity contribution in [3.63, 3.8) is 0 Å². The van der Waals surface area contributed by atoms with Gasteiger partial charge in [0.2, 0.25) is 5.09 Å². The van der Waals surface area contributed by atoms with Gasteiger partial charge < -0.3 is 14.6 Å². The van der Waals surface area contributed by atoms with Crippen LogP contribution in [0.4, 0.5) is 0 Å². The quantitative estimate of drug-likeness (QED) is 0.631. The minimum atomic E-state index is -3.52. The second-order valence-electron chi connectivity index (χ2n) is 4.91. The predicted octanol–water partition coefficient (Wildman–Crippen LogP) is 1.01. The van der Waals surface area contributed by atoms with Gasteiger partial charge in [-0.25, -0.2) is 13.1 Å². The van der Waals surface area contributed by atoms with Crippen LogP contribution in [0, 0.1) is 0 Å². The van der Waals surface area contributed by atoms with Gasteiger partial charge in [-0.15, -0.1) is 0 Å². The van der Waals surface area contributed by atoms with Crippen molar-refractivity contribution in [1.29, 1.82) is 0 Å². The highest BCUT2D eigenvalue weighted by atomic mass is 32.2. The molecule has 1 aromatic rings. The second kappa shape index (κ2) is 8.41. The highest BCUT2D eigenvalue weighted by Crippen LogP contribution is 2.13. The van der Waals surface area contributed by atoms with Crippen molar-refractivity contribution in [2.75, 3.05) is 33.7 Å². The summed E-state index contributed by atoms with van der Waals surface area (Å²) in [6, 6.07) is 3.18. The van der Waals surface area contributed by atoms with E-state index in [-0.39, 0.29) is 5.09 Å². The van der Waals surface area contributed by atoms with Crippen LogP contribution in [-0.4, -0.2) is 47.0 Å².